The molecule has 0 aromatic heterocycles. The van der Waals surface area contributed by atoms with Gasteiger partial charge in [-0.2, -0.15) is 0 Å². The van der Waals surface area contributed by atoms with Crippen LogP contribution in [0.15, 0.2) is 0 Å². The zero-order chi connectivity index (χ0) is 10.6. The third-order valence-corrected chi connectivity index (χ3v) is 2.69. The van der Waals surface area contributed by atoms with Gasteiger partial charge in [-0.25, -0.2) is 0 Å². The second kappa shape index (κ2) is 5.10. The van der Waals surface area contributed by atoms with Gasteiger partial charge in [-0.05, 0) is 40.8 Å². The normalized spacial score (nSPS) is 26.8. The Hall–Kier alpha value is -0.120. The van der Waals surface area contributed by atoms with Gasteiger partial charge in [0.05, 0.1) is 5.60 Å². The van der Waals surface area contributed by atoms with Gasteiger partial charge in [-0.3, -0.25) is 0 Å². The third-order valence-electron chi connectivity index (χ3n) is 2.69. The molecule has 0 saturated carbocycles. The number of ether oxygens (including phenoxy) is 1. The molecule has 0 amide bonds. The highest BCUT2D eigenvalue weighted by molar-refractivity contribution is 4.82. The van der Waals surface area contributed by atoms with Crippen LogP contribution in [0.3, 0.4) is 0 Å². The van der Waals surface area contributed by atoms with E-state index in [9.17, 15) is 0 Å². The van der Waals surface area contributed by atoms with Crippen molar-refractivity contribution in [3.8, 4) is 0 Å². The third kappa shape index (κ3) is 4.40. The summed E-state index contributed by atoms with van der Waals surface area (Å²) in [5.74, 6) is 0. The number of hydrogen-bond acceptors (Lipinski definition) is 3. The molecule has 1 heterocycles. The molecule has 3 heteroatoms. The fourth-order valence-electron chi connectivity index (χ4n) is 1.90. The topological polar surface area (TPSA) is 24.5 Å². The van der Waals surface area contributed by atoms with Crippen molar-refractivity contribution in [2.75, 3.05) is 33.8 Å². The largest absolute Gasteiger partial charge is 0.375 e. The molecule has 14 heavy (non-hydrogen) atoms. The van der Waals surface area contributed by atoms with Gasteiger partial charge in [-0.1, -0.05) is 0 Å². The SMILES string of the molecule is CN(C)CCNC1CCOC(C)(C)C1. The zero-order valence-electron chi connectivity index (χ0n) is 9.97. The van der Waals surface area contributed by atoms with Crippen molar-refractivity contribution in [2.24, 2.45) is 0 Å². The van der Waals surface area contributed by atoms with E-state index < -0.39 is 0 Å². The second-order valence-corrected chi connectivity index (χ2v) is 5.06. The van der Waals surface area contributed by atoms with Crippen LogP contribution in [0.2, 0.25) is 0 Å². The smallest absolute Gasteiger partial charge is 0.0641 e. The average Bonchev–Trinajstić information content (AvgIpc) is 2.01. The molecule has 1 atom stereocenters. The fraction of sp³-hybridized carbons (Fsp3) is 1.00. The first-order chi connectivity index (χ1) is 6.49. The van der Waals surface area contributed by atoms with Crippen molar-refractivity contribution >= 4 is 0 Å². The minimum Gasteiger partial charge on any atom is -0.375 e. The minimum atomic E-state index is 0.0635. The van der Waals surface area contributed by atoms with Crippen LogP contribution in [0.5, 0.6) is 0 Å². The maximum Gasteiger partial charge on any atom is 0.0641 e. The number of nitrogens with one attached hydrogen (secondary N) is 1. The summed E-state index contributed by atoms with van der Waals surface area (Å²) in [5.41, 5.74) is 0.0635. The monoisotopic (exact) mass is 200 g/mol. The molecule has 1 aliphatic heterocycles. The summed E-state index contributed by atoms with van der Waals surface area (Å²) in [6.07, 6.45) is 2.28. The lowest BCUT2D eigenvalue weighted by Crippen LogP contribution is -2.45. The van der Waals surface area contributed by atoms with Gasteiger partial charge in [0, 0.05) is 25.7 Å². The van der Waals surface area contributed by atoms with Gasteiger partial charge < -0.3 is 15.0 Å². The highest BCUT2D eigenvalue weighted by Crippen LogP contribution is 2.23. The van der Waals surface area contributed by atoms with Crippen LogP contribution >= 0.6 is 0 Å². The lowest BCUT2D eigenvalue weighted by Gasteiger charge is -2.36. The average molecular weight is 200 g/mol. The molecule has 0 spiro atoms. The number of likely N-dealkylation sites (N-methyl/N-ethyl adjacent to an activating group) is 1. The van der Waals surface area contributed by atoms with Gasteiger partial charge in [0.2, 0.25) is 0 Å². The van der Waals surface area contributed by atoms with Crippen molar-refractivity contribution in [2.45, 2.75) is 38.3 Å². The first-order valence-corrected chi connectivity index (χ1v) is 5.52. The molecule has 1 N–H and O–H groups in total. The summed E-state index contributed by atoms with van der Waals surface area (Å²) >= 11 is 0. The van der Waals surface area contributed by atoms with E-state index in [2.05, 4.69) is 38.2 Å². The summed E-state index contributed by atoms with van der Waals surface area (Å²) in [5, 5.41) is 3.59. The van der Waals surface area contributed by atoms with Crippen molar-refractivity contribution < 1.29 is 4.74 Å². The Labute approximate surface area is 87.8 Å². The van der Waals surface area contributed by atoms with Gasteiger partial charge in [0.1, 0.15) is 0 Å². The van der Waals surface area contributed by atoms with Gasteiger partial charge in [0.25, 0.3) is 0 Å². The Balaban J connectivity index is 2.18. The molecule has 0 radical (unpaired) electrons. The molecule has 3 nitrogen and oxygen atoms in total. The molecule has 1 fully saturated rings. The summed E-state index contributed by atoms with van der Waals surface area (Å²) in [7, 11) is 4.21. The molecule has 1 saturated heterocycles. The summed E-state index contributed by atoms with van der Waals surface area (Å²) in [4.78, 5) is 2.21. The molecule has 0 aromatic carbocycles. The first kappa shape index (κ1) is 12.0. The van der Waals surface area contributed by atoms with Gasteiger partial charge in [-0.15, -0.1) is 0 Å². The Kier molecular flexibility index (Phi) is 4.35. The van der Waals surface area contributed by atoms with E-state index in [0.717, 1.165) is 32.5 Å². The highest BCUT2D eigenvalue weighted by Gasteiger charge is 2.28. The molecule has 0 aromatic rings. The zero-order valence-corrected chi connectivity index (χ0v) is 9.97. The van der Waals surface area contributed by atoms with Crippen LogP contribution in [0.4, 0.5) is 0 Å². The molecule has 0 bridgehead atoms. The Morgan fingerprint density at radius 1 is 1.43 bits per heavy atom. The van der Waals surface area contributed by atoms with Crippen molar-refractivity contribution in [1.29, 1.82) is 0 Å². The fourth-order valence-corrected chi connectivity index (χ4v) is 1.90. The van der Waals surface area contributed by atoms with Crippen LogP contribution in [0, 0.1) is 0 Å². The van der Waals surface area contributed by atoms with E-state index in [1.807, 2.05) is 0 Å². The lowest BCUT2D eigenvalue weighted by atomic mass is 9.94. The molecule has 84 valence electrons. The second-order valence-electron chi connectivity index (χ2n) is 5.06. The van der Waals surface area contributed by atoms with Crippen molar-refractivity contribution in [1.82, 2.24) is 10.2 Å². The maximum atomic E-state index is 5.67. The van der Waals surface area contributed by atoms with Gasteiger partial charge in [0.15, 0.2) is 0 Å². The number of rotatable bonds is 4. The minimum absolute atomic E-state index is 0.0635. The molecular weight excluding hydrogens is 176 g/mol. The van der Waals surface area contributed by atoms with E-state index in [-0.39, 0.29) is 5.60 Å². The molecule has 1 aliphatic rings. The standard InChI is InChI=1S/C11H24N2O/c1-11(2)9-10(5-8-14-11)12-6-7-13(3)4/h10,12H,5-9H2,1-4H3. The maximum absolute atomic E-state index is 5.67. The summed E-state index contributed by atoms with van der Waals surface area (Å²) in [6, 6.07) is 0.638. The van der Waals surface area contributed by atoms with E-state index in [4.69, 9.17) is 4.74 Å². The van der Waals surface area contributed by atoms with E-state index in [0.29, 0.717) is 6.04 Å². The van der Waals surface area contributed by atoms with Crippen LogP contribution < -0.4 is 5.32 Å². The quantitative estimate of drug-likeness (QED) is 0.735. The van der Waals surface area contributed by atoms with Crippen molar-refractivity contribution in [3.63, 3.8) is 0 Å². The lowest BCUT2D eigenvalue weighted by molar-refractivity contribution is -0.0628. The van der Waals surface area contributed by atoms with Crippen LogP contribution in [-0.2, 0) is 4.74 Å². The molecule has 0 aliphatic carbocycles. The van der Waals surface area contributed by atoms with Gasteiger partial charge >= 0.3 is 0 Å². The Morgan fingerprint density at radius 3 is 2.71 bits per heavy atom. The predicted octanol–water partition coefficient (Wildman–Crippen LogP) is 1.10. The number of hydrogen-bond donors (Lipinski definition) is 1. The van der Waals surface area contributed by atoms with E-state index in [1.165, 1.54) is 0 Å². The molecule has 1 unspecified atom stereocenters. The first-order valence-electron chi connectivity index (χ1n) is 5.52. The number of nitrogens with zero attached hydrogens (tertiary/aromatic N) is 1. The van der Waals surface area contributed by atoms with Crippen LogP contribution in [-0.4, -0.2) is 50.3 Å². The highest BCUT2D eigenvalue weighted by atomic mass is 16.5. The predicted molar refractivity (Wildman–Crippen MR) is 59.6 cm³/mol. The summed E-state index contributed by atoms with van der Waals surface area (Å²) < 4.78 is 5.67. The van der Waals surface area contributed by atoms with E-state index in [1.54, 1.807) is 0 Å². The van der Waals surface area contributed by atoms with Crippen LogP contribution in [0.1, 0.15) is 26.7 Å². The Bertz CT molecular complexity index is 169. The summed E-state index contributed by atoms with van der Waals surface area (Å²) in [6.45, 7) is 7.43. The van der Waals surface area contributed by atoms with E-state index >= 15 is 0 Å². The van der Waals surface area contributed by atoms with Crippen LogP contribution in [0.25, 0.3) is 0 Å². The molecule has 1 rings (SSSR count). The van der Waals surface area contributed by atoms with Crippen molar-refractivity contribution in [3.05, 3.63) is 0 Å². The molecular formula is C11H24N2O. The Morgan fingerprint density at radius 2 is 2.14 bits per heavy atom.